The molecule has 3 rings (SSSR count). The molecule has 1 amide bonds. The number of carbonyl (C=O) groups excluding carboxylic acids is 1. The molecule has 0 aromatic heterocycles. The molecule has 1 aromatic carbocycles. The monoisotopic (exact) mass is 354 g/mol. The van der Waals surface area contributed by atoms with E-state index in [4.69, 9.17) is 22.1 Å². The van der Waals surface area contributed by atoms with E-state index < -0.39 is 5.82 Å². The van der Waals surface area contributed by atoms with E-state index in [1.165, 1.54) is 6.07 Å². The molecule has 2 aliphatic rings. The maximum Gasteiger partial charge on any atom is 0.256 e. The van der Waals surface area contributed by atoms with E-state index in [0.29, 0.717) is 24.6 Å². The summed E-state index contributed by atoms with van der Waals surface area (Å²) in [6.45, 7) is 3.67. The lowest BCUT2D eigenvalue weighted by Gasteiger charge is -2.38. The van der Waals surface area contributed by atoms with Crippen LogP contribution in [0.4, 0.5) is 4.39 Å². The topological polar surface area (TPSA) is 55.6 Å². The Kier molecular flexibility index (Phi) is 5.42. The van der Waals surface area contributed by atoms with Crippen LogP contribution >= 0.6 is 11.6 Å². The number of benzene rings is 1. The second-order valence-corrected chi connectivity index (χ2v) is 7.26. The summed E-state index contributed by atoms with van der Waals surface area (Å²) in [4.78, 5) is 14.3. The molecule has 0 spiro atoms. The van der Waals surface area contributed by atoms with E-state index in [1.54, 1.807) is 17.9 Å². The highest BCUT2D eigenvalue weighted by molar-refractivity contribution is 6.31. The zero-order chi connectivity index (χ0) is 17.3. The fourth-order valence-corrected chi connectivity index (χ4v) is 3.80. The second-order valence-electron chi connectivity index (χ2n) is 6.88. The third-order valence-corrected chi connectivity index (χ3v) is 5.68. The van der Waals surface area contributed by atoms with Gasteiger partial charge in [0.25, 0.3) is 5.91 Å². The highest BCUT2D eigenvalue weighted by Crippen LogP contribution is 2.30. The first-order valence-electron chi connectivity index (χ1n) is 8.58. The van der Waals surface area contributed by atoms with Crippen LogP contribution < -0.4 is 5.73 Å². The Morgan fingerprint density at radius 3 is 2.71 bits per heavy atom. The zero-order valence-corrected chi connectivity index (χ0v) is 14.7. The molecule has 2 N–H and O–H groups in total. The molecule has 2 saturated heterocycles. The van der Waals surface area contributed by atoms with Crippen molar-refractivity contribution in [1.82, 2.24) is 4.90 Å². The Balaban J connectivity index is 1.62. The minimum atomic E-state index is -0.620. The molecular formula is C18H24ClFN2O2. The molecular weight excluding hydrogens is 331 g/mol. The van der Waals surface area contributed by atoms with Crippen LogP contribution in [0.3, 0.4) is 0 Å². The maximum absolute atomic E-state index is 14.3. The normalized spacial score (nSPS) is 25.8. The maximum atomic E-state index is 14.3. The van der Waals surface area contributed by atoms with E-state index in [1.807, 2.05) is 0 Å². The molecule has 0 bridgehead atoms. The summed E-state index contributed by atoms with van der Waals surface area (Å²) in [5.74, 6) is -0.480. The van der Waals surface area contributed by atoms with Gasteiger partial charge in [0.1, 0.15) is 0 Å². The minimum absolute atomic E-state index is 0.0281. The van der Waals surface area contributed by atoms with E-state index in [0.717, 1.165) is 32.3 Å². The number of nitrogens with two attached hydrogens (primary N) is 1. The quantitative estimate of drug-likeness (QED) is 0.887. The number of aryl methyl sites for hydroxylation is 1. The Morgan fingerprint density at radius 2 is 2.04 bits per heavy atom. The Labute approximate surface area is 147 Å². The van der Waals surface area contributed by atoms with Crippen molar-refractivity contribution in [2.24, 2.45) is 11.7 Å². The molecule has 0 aliphatic carbocycles. The molecule has 0 radical (unpaired) electrons. The molecule has 2 heterocycles. The molecule has 2 fully saturated rings. The zero-order valence-electron chi connectivity index (χ0n) is 13.9. The third kappa shape index (κ3) is 3.58. The van der Waals surface area contributed by atoms with Gasteiger partial charge in [0.2, 0.25) is 0 Å². The first-order valence-corrected chi connectivity index (χ1v) is 8.96. The van der Waals surface area contributed by atoms with Crippen LogP contribution in [-0.2, 0) is 4.74 Å². The van der Waals surface area contributed by atoms with Crippen LogP contribution in [0.2, 0.25) is 5.02 Å². The van der Waals surface area contributed by atoms with E-state index in [2.05, 4.69) is 0 Å². The van der Waals surface area contributed by atoms with Gasteiger partial charge in [-0.05, 0) is 50.2 Å². The fourth-order valence-electron chi connectivity index (χ4n) is 3.64. The standard InChI is InChI=1S/C18H24ClFN2O2/c1-11-2-3-14(17(20)16(11)19)18(23)22-7-4-12(5-8-22)15-10-13(21)6-9-24-15/h2-3,12-13,15H,4-10,21H2,1H3. The molecule has 4 nitrogen and oxygen atoms in total. The number of halogens is 2. The highest BCUT2D eigenvalue weighted by atomic mass is 35.5. The Hall–Kier alpha value is -1.17. The Morgan fingerprint density at radius 1 is 1.33 bits per heavy atom. The van der Waals surface area contributed by atoms with Gasteiger partial charge in [-0.1, -0.05) is 17.7 Å². The smallest absolute Gasteiger partial charge is 0.256 e. The van der Waals surface area contributed by atoms with Crippen LogP contribution in [0.15, 0.2) is 12.1 Å². The van der Waals surface area contributed by atoms with Gasteiger partial charge >= 0.3 is 0 Å². The van der Waals surface area contributed by atoms with Gasteiger partial charge in [-0.3, -0.25) is 4.79 Å². The number of ether oxygens (including phenoxy) is 1. The second kappa shape index (κ2) is 7.38. The molecule has 2 unspecified atom stereocenters. The van der Waals surface area contributed by atoms with Crippen molar-refractivity contribution in [2.75, 3.05) is 19.7 Å². The average Bonchev–Trinajstić information content (AvgIpc) is 2.59. The number of rotatable bonds is 2. The van der Waals surface area contributed by atoms with Gasteiger partial charge in [-0.15, -0.1) is 0 Å². The van der Waals surface area contributed by atoms with Crippen molar-refractivity contribution in [3.05, 3.63) is 34.1 Å². The molecule has 24 heavy (non-hydrogen) atoms. The molecule has 2 aliphatic heterocycles. The van der Waals surface area contributed by atoms with Gasteiger partial charge < -0.3 is 15.4 Å². The van der Waals surface area contributed by atoms with Crippen LogP contribution in [-0.4, -0.2) is 42.6 Å². The minimum Gasteiger partial charge on any atom is -0.378 e. The van der Waals surface area contributed by atoms with E-state index in [-0.39, 0.29) is 28.6 Å². The lowest BCUT2D eigenvalue weighted by molar-refractivity contribution is -0.0420. The molecule has 0 saturated carbocycles. The summed E-state index contributed by atoms with van der Waals surface area (Å²) < 4.78 is 20.1. The van der Waals surface area contributed by atoms with Gasteiger partial charge in [-0.25, -0.2) is 4.39 Å². The largest absolute Gasteiger partial charge is 0.378 e. The predicted octanol–water partition coefficient (Wildman–Crippen LogP) is 3.15. The number of hydrogen-bond acceptors (Lipinski definition) is 3. The van der Waals surface area contributed by atoms with Crippen LogP contribution in [0.25, 0.3) is 0 Å². The van der Waals surface area contributed by atoms with Gasteiger partial charge in [0.15, 0.2) is 5.82 Å². The van der Waals surface area contributed by atoms with Crippen LogP contribution in [0.5, 0.6) is 0 Å². The lowest BCUT2D eigenvalue weighted by Crippen LogP contribution is -2.45. The summed E-state index contributed by atoms with van der Waals surface area (Å²) in [5, 5.41) is 0.0281. The van der Waals surface area contributed by atoms with Crippen molar-refractivity contribution in [3.8, 4) is 0 Å². The summed E-state index contributed by atoms with van der Waals surface area (Å²) in [6.07, 6.45) is 3.73. The summed E-state index contributed by atoms with van der Waals surface area (Å²) >= 11 is 5.93. The van der Waals surface area contributed by atoms with Gasteiger partial charge in [-0.2, -0.15) is 0 Å². The van der Waals surface area contributed by atoms with E-state index in [9.17, 15) is 9.18 Å². The van der Waals surface area contributed by atoms with Crippen LogP contribution in [0.1, 0.15) is 41.6 Å². The van der Waals surface area contributed by atoms with Crippen molar-refractivity contribution < 1.29 is 13.9 Å². The number of nitrogens with zero attached hydrogens (tertiary/aromatic N) is 1. The number of carbonyl (C=O) groups is 1. The van der Waals surface area contributed by atoms with Crippen molar-refractivity contribution in [3.63, 3.8) is 0 Å². The third-order valence-electron chi connectivity index (χ3n) is 5.21. The highest BCUT2D eigenvalue weighted by Gasteiger charge is 2.33. The predicted molar refractivity (Wildman–Crippen MR) is 91.7 cm³/mol. The van der Waals surface area contributed by atoms with Gasteiger partial charge in [0, 0.05) is 25.7 Å². The van der Waals surface area contributed by atoms with Crippen molar-refractivity contribution >= 4 is 17.5 Å². The average molecular weight is 355 g/mol. The first-order chi connectivity index (χ1) is 11.5. The van der Waals surface area contributed by atoms with Gasteiger partial charge in [0.05, 0.1) is 16.7 Å². The summed E-state index contributed by atoms with van der Waals surface area (Å²) in [6, 6.07) is 3.42. The number of amides is 1. The van der Waals surface area contributed by atoms with Crippen LogP contribution in [0, 0.1) is 18.7 Å². The summed E-state index contributed by atoms with van der Waals surface area (Å²) in [7, 11) is 0. The molecule has 2 atom stereocenters. The lowest BCUT2D eigenvalue weighted by atomic mass is 9.86. The van der Waals surface area contributed by atoms with Crippen molar-refractivity contribution in [2.45, 2.75) is 44.8 Å². The number of hydrogen-bond donors (Lipinski definition) is 1. The number of piperidine rings is 1. The fraction of sp³-hybridized carbons (Fsp3) is 0.611. The van der Waals surface area contributed by atoms with Crippen molar-refractivity contribution in [1.29, 1.82) is 0 Å². The first kappa shape index (κ1) is 17.6. The SMILES string of the molecule is Cc1ccc(C(=O)N2CCC(C3CC(N)CCO3)CC2)c(F)c1Cl. The molecule has 132 valence electrons. The molecule has 6 heteroatoms. The van der Waals surface area contributed by atoms with E-state index >= 15 is 0 Å². The summed E-state index contributed by atoms with van der Waals surface area (Å²) in [5.41, 5.74) is 6.72. The Bertz CT molecular complexity index is 617. The number of likely N-dealkylation sites (tertiary alicyclic amines) is 1. The molecule has 1 aromatic rings.